The van der Waals surface area contributed by atoms with Crippen LogP contribution in [0.1, 0.15) is 26.7 Å². The van der Waals surface area contributed by atoms with Gasteiger partial charge in [0, 0.05) is 19.7 Å². The fourth-order valence-corrected chi connectivity index (χ4v) is 1.79. The molecule has 1 aliphatic rings. The highest BCUT2D eigenvalue weighted by Gasteiger charge is 2.29. The van der Waals surface area contributed by atoms with Crippen LogP contribution in [0.4, 0.5) is 0 Å². The Bertz CT molecular complexity index is 163. The molecular formula is C11H23NO2. The monoisotopic (exact) mass is 201 g/mol. The Hall–Kier alpha value is -0.120. The Balaban J connectivity index is 2.24. The molecule has 1 rings (SSSR count). The fraction of sp³-hybridized carbons (Fsp3) is 1.00. The minimum atomic E-state index is 0.380. The Kier molecular flexibility index (Phi) is 4.85. The van der Waals surface area contributed by atoms with E-state index in [9.17, 15) is 0 Å². The molecule has 0 amide bonds. The molecule has 0 aromatic heterocycles. The molecule has 1 heterocycles. The van der Waals surface area contributed by atoms with Crippen LogP contribution in [0.25, 0.3) is 0 Å². The molecule has 1 aliphatic heterocycles. The maximum atomic E-state index is 5.74. The number of rotatable bonds is 5. The summed E-state index contributed by atoms with van der Waals surface area (Å²) in [6.07, 6.45) is 2.96. The standard InChI is InChI=1S/C11H23NO2/c1-5-9(2)14-8-10-6-11(13-4)7-12(10)3/h9-11H,5-8H2,1-4H3/t9?,10-,11+/m0/s1. The molecular weight excluding hydrogens is 178 g/mol. The van der Waals surface area contributed by atoms with E-state index in [0.717, 1.165) is 26.0 Å². The highest BCUT2D eigenvalue weighted by Crippen LogP contribution is 2.18. The van der Waals surface area contributed by atoms with Crippen molar-refractivity contribution in [3.05, 3.63) is 0 Å². The first-order valence-electron chi connectivity index (χ1n) is 5.52. The minimum absolute atomic E-state index is 0.380. The van der Waals surface area contributed by atoms with E-state index in [2.05, 4.69) is 25.8 Å². The summed E-state index contributed by atoms with van der Waals surface area (Å²) in [6.45, 7) is 6.15. The molecule has 1 fully saturated rings. The van der Waals surface area contributed by atoms with E-state index in [1.54, 1.807) is 7.11 Å². The van der Waals surface area contributed by atoms with Crippen molar-refractivity contribution in [1.82, 2.24) is 4.90 Å². The molecule has 14 heavy (non-hydrogen) atoms. The molecule has 0 saturated carbocycles. The third kappa shape index (κ3) is 3.23. The summed E-state index contributed by atoms with van der Waals surface area (Å²) in [7, 11) is 3.93. The van der Waals surface area contributed by atoms with Gasteiger partial charge >= 0.3 is 0 Å². The number of nitrogens with zero attached hydrogens (tertiary/aromatic N) is 1. The Morgan fingerprint density at radius 3 is 2.71 bits per heavy atom. The quantitative estimate of drug-likeness (QED) is 0.673. The van der Waals surface area contributed by atoms with E-state index >= 15 is 0 Å². The van der Waals surface area contributed by atoms with Crippen molar-refractivity contribution in [1.29, 1.82) is 0 Å². The maximum absolute atomic E-state index is 5.74. The van der Waals surface area contributed by atoms with Crippen molar-refractivity contribution < 1.29 is 9.47 Å². The van der Waals surface area contributed by atoms with Gasteiger partial charge in [0.2, 0.25) is 0 Å². The van der Waals surface area contributed by atoms with Crippen LogP contribution in [0.2, 0.25) is 0 Å². The van der Waals surface area contributed by atoms with Gasteiger partial charge in [-0.3, -0.25) is 4.90 Å². The van der Waals surface area contributed by atoms with Crippen LogP contribution in [0.5, 0.6) is 0 Å². The van der Waals surface area contributed by atoms with Crippen molar-refractivity contribution in [3.8, 4) is 0 Å². The van der Waals surface area contributed by atoms with Crippen LogP contribution < -0.4 is 0 Å². The normalized spacial score (nSPS) is 30.9. The second kappa shape index (κ2) is 5.69. The molecule has 0 aromatic carbocycles. The van der Waals surface area contributed by atoms with Crippen LogP contribution in [-0.4, -0.2) is 50.5 Å². The maximum Gasteiger partial charge on any atom is 0.0714 e. The summed E-state index contributed by atoms with van der Waals surface area (Å²) in [5, 5.41) is 0. The SMILES string of the molecule is CCC(C)OC[C@@H]1C[C@@H](OC)CN1C. The number of methoxy groups -OCH3 is 1. The summed E-state index contributed by atoms with van der Waals surface area (Å²) in [5.41, 5.74) is 0. The Morgan fingerprint density at radius 1 is 1.50 bits per heavy atom. The van der Waals surface area contributed by atoms with Gasteiger partial charge in [-0.25, -0.2) is 0 Å². The van der Waals surface area contributed by atoms with Crippen LogP contribution in [0.15, 0.2) is 0 Å². The molecule has 0 radical (unpaired) electrons. The van der Waals surface area contributed by atoms with Crippen molar-refractivity contribution in [2.75, 3.05) is 27.3 Å². The van der Waals surface area contributed by atoms with E-state index in [0.29, 0.717) is 18.2 Å². The Labute approximate surface area is 87.4 Å². The lowest BCUT2D eigenvalue weighted by Crippen LogP contribution is -2.30. The van der Waals surface area contributed by atoms with Crippen molar-refractivity contribution in [2.45, 2.75) is 44.9 Å². The van der Waals surface area contributed by atoms with Crippen LogP contribution >= 0.6 is 0 Å². The van der Waals surface area contributed by atoms with E-state index in [1.165, 1.54) is 0 Å². The molecule has 0 aliphatic carbocycles. The van der Waals surface area contributed by atoms with Gasteiger partial charge in [0.25, 0.3) is 0 Å². The topological polar surface area (TPSA) is 21.7 Å². The van der Waals surface area contributed by atoms with E-state index in [4.69, 9.17) is 9.47 Å². The predicted molar refractivity (Wildman–Crippen MR) is 57.5 cm³/mol. The van der Waals surface area contributed by atoms with Gasteiger partial charge in [-0.05, 0) is 26.8 Å². The highest BCUT2D eigenvalue weighted by molar-refractivity contribution is 4.83. The first kappa shape index (κ1) is 12.0. The number of hydrogen-bond donors (Lipinski definition) is 0. The molecule has 3 atom stereocenters. The van der Waals surface area contributed by atoms with Gasteiger partial charge in [0.15, 0.2) is 0 Å². The molecule has 0 aromatic rings. The van der Waals surface area contributed by atoms with Gasteiger partial charge in [0.05, 0.1) is 18.8 Å². The predicted octanol–water partition coefficient (Wildman–Crippen LogP) is 1.52. The zero-order valence-electron chi connectivity index (χ0n) is 9.82. The van der Waals surface area contributed by atoms with E-state index < -0.39 is 0 Å². The minimum Gasteiger partial charge on any atom is -0.380 e. The summed E-state index contributed by atoms with van der Waals surface area (Å²) in [4.78, 5) is 2.33. The lowest BCUT2D eigenvalue weighted by Gasteiger charge is -2.20. The molecule has 3 heteroatoms. The van der Waals surface area contributed by atoms with Gasteiger partial charge in [-0.2, -0.15) is 0 Å². The smallest absolute Gasteiger partial charge is 0.0714 e. The van der Waals surface area contributed by atoms with Crippen molar-refractivity contribution >= 4 is 0 Å². The molecule has 0 N–H and O–H groups in total. The van der Waals surface area contributed by atoms with Gasteiger partial charge in [0.1, 0.15) is 0 Å². The largest absolute Gasteiger partial charge is 0.380 e. The van der Waals surface area contributed by atoms with Crippen molar-refractivity contribution in [2.24, 2.45) is 0 Å². The summed E-state index contributed by atoms with van der Waals surface area (Å²) >= 11 is 0. The summed E-state index contributed by atoms with van der Waals surface area (Å²) in [5.74, 6) is 0. The number of hydrogen-bond acceptors (Lipinski definition) is 3. The fourth-order valence-electron chi connectivity index (χ4n) is 1.79. The average Bonchev–Trinajstić information content (AvgIpc) is 2.55. The molecule has 0 bridgehead atoms. The highest BCUT2D eigenvalue weighted by atomic mass is 16.5. The zero-order chi connectivity index (χ0) is 10.6. The molecule has 3 nitrogen and oxygen atoms in total. The summed E-state index contributed by atoms with van der Waals surface area (Å²) < 4.78 is 11.1. The van der Waals surface area contributed by atoms with Crippen LogP contribution in [-0.2, 0) is 9.47 Å². The lowest BCUT2D eigenvalue weighted by atomic mass is 10.2. The third-order valence-electron chi connectivity index (χ3n) is 3.13. The molecule has 1 saturated heterocycles. The first-order valence-corrected chi connectivity index (χ1v) is 5.52. The second-order valence-corrected chi connectivity index (χ2v) is 4.24. The molecule has 1 unspecified atom stereocenters. The van der Waals surface area contributed by atoms with Gasteiger partial charge < -0.3 is 9.47 Å². The first-order chi connectivity index (χ1) is 6.67. The third-order valence-corrected chi connectivity index (χ3v) is 3.13. The van der Waals surface area contributed by atoms with Crippen molar-refractivity contribution in [3.63, 3.8) is 0 Å². The molecule has 84 valence electrons. The van der Waals surface area contributed by atoms with E-state index in [1.807, 2.05) is 0 Å². The van der Waals surface area contributed by atoms with Gasteiger partial charge in [-0.1, -0.05) is 6.92 Å². The second-order valence-electron chi connectivity index (χ2n) is 4.24. The van der Waals surface area contributed by atoms with Crippen LogP contribution in [0.3, 0.4) is 0 Å². The Morgan fingerprint density at radius 2 is 2.21 bits per heavy atom. The number of ether oxygens (including phenoxy) is 2. The average molecular weight is 201 g/mol. The van der Waals surface area contributed by atoms with Crippen LogP contribution in [0, 0.1) is 0 Å². The van der Waals surface area contributed by atoms with Gasteiger partial charge in [-0.15, -0.1) is 0 Å². The molecule has 0 spiro atoms. The zero-order valence-corrected chi connectivity index (χ0v) is 9.82. The number of likely N-dealkylation sites (N-methyl/N-ethyl adjacent to an activating group) is 1. The summed E-state index contributed by atoms with van der Waals surface area (Å²) in [6, 6.07) is 0.536. The lowest BCUT2D eigenvalue weighted by molar-refractivity contribution is 0.0307. The number of likely N-dealkylation sites (tertiary alicyclic amines) is 1. The van der Waals surface area contributed by atoms with E-state index in [-0.39, 0.29) is 0 Å².